The molecule has 4 N–H and O–H groups in total. The fraction of sp³-hybridized carbons (Fsp3) is 0.542. The van der Waals surface area contributed by atoms with Gasteiger partial charge in [-0.15, -0.1) is 0 Å². The van der Waals surface area contributed by atoms with Gasteiger partial charge >= 0.3 is 24.4 Å². The first-order valence-corrected chi connectivity index (χ1v) is 12.0. The lowest BCUT2D eigenvalue weighted by atomic mass is 10.2. The Morgan fingerprint density at radius 2 is 1.46 bits per heavy atom. The summed E-state index contributed by atoms with van der Waals surface area (Å²) >= 11 is 0. The van der Waals surface area contributed by atoms with E-state index in [0.29, 0.717) is 11.3 Å². The van der Waals surface area contributed by atoms with Crippen LogP contribution in [0.4, 0.5) is 40.3 Å². The highest BCUT2D eigenvalue weighted by Crippen LogP contribution is 2.20. The van der Waals surface area contributed by atoms with Crippen molar-refractivity contribution in [3.05, 3.63) is 29.8 Å². The minimum atomic E-state index is -4.60. The summed E-state index contributed by atoms with van der Waals surface area (Å²) in [5, 5.41) is 10.9. The van der Waals surface area contributed by atoms with Crippen LogP contribution in [-0.2, 0) is 16.0 Å². The van der Waals surface area contributed by atoms with E-state index in [4.69, 9.17) is 14.2 Å². The maximum absolute atomic E-state index is 12.7. The molecule has 0 aliphatic heterocycles. The number of halogens is 3. The maximum Gasteiger partial charge on any atom is 0.422 e. The number of rotatable bonds is 10. The highest BCUT2D eigenvalue weighted by atomic mass is 19.4. The third-order valence-electron chi connectivity index (χ3n) is 4.08. The van der Waals surface area contributed by atoms with E-state index in [-0.39, 0.29) is 31.5 Å². The van der Waals surface area contributed by atoms with Crippen LogP contribution in [0.15, 0.2) is 24.3 Å². The number of amides is 2. The van der Waals surface area contributed by atoms with Crippen LogP contribution in [0.25, 0.3) is 0 Å². The zero-order valence-electron chi connectivity index (χ0n) is 22.7. The summed E-state index contributed by atoms with van der Waals surface area (Å²) in [4.78, 5) is 35.6. The van der Waals surface area contributed by atoms with Gasteiger partial charge in [0.25, 0.3) is 0 Å². The van der Waals surface area contributed by atoms with Gasteiger partial charge in [-0.1, -0.05) is 12.1 Å². The molecular weight excluding hydrogens is 523 g/mol. The Morgan fingerprint density at radius 3 is 2.08 bits per heavy atom. The average molecular weight is 558 g/mol. The van der Waals surface area contributed by atoms with E-state index in [0.717, 1.165) is 0 Å². The number of nitrogens with zero attached hydrogens (tertiary/aromatic N) is 3. The number of aromatic nitrogens is 3. The molecule has 1 aromatic carbocycles. The molecule has 1 aromatic heterocycles. The Bertz CT molecular complexity index is 1120. The Labute approximate surface area is 224 Å². The molecule has 15 heteroatoms. The van der Waals surface area contributed by atoms with Crippen LogP contribution in [0.2, 0.25) is 0 Å². The minimum Gasteiger partial charge on any atom is -0.454 e. The molecule has 2 rings (SSSR count). The predicted octanol–water partition coefficient (Wildman–Crippen LogP) is 4.52. The van der Waals surface area contributed by atoms with Crippen molar-refractivity contribution >= 4 is 29.8 Å². The first kappa shape index (κ1) is 31.2. The lowest BCUT2D eigenvalue weighted by Gasteiger charge is -2.19. The molecule has 0 bridgehead atoms. The van der Waals surface area contributed by atoms with Crippen LogP contribution in [0.3, 0.4) is 0 Å². The Hall–Kier alpha value is -4.04. The van der Waals surface area contributed by atoms with E-state index in [9.17, 15) is 22.8 Å². The molecule has 2 amide bonds. The summed E-state index contributed by atoms with van der Waals surface area (Å²) < 4.78 is 53.1. The van der Waals surface area contributed by atoms with Crippen molar-refractivity contribution in [1.82, 2.24) is 25.6 Å². The van der Waals surface area contributed by atoms with E-state index < -0.39 is 42.2 Å². The largest absolute Gasteiger partial charge is 0.454 e. The highest BCUT2D eigenvalue weighted by Gasteiger charge is 2.29. The molecule has 0 atom stereocenters. The van der Waals surface area contributed by atoms with Gasteiger partial charge in [-0.05, 0) is 59.2 Å². The van der Waals surface area contributed by atoms with Crippen molar-refractivity contribution in [1.29, 1.82) is 0 Å². The van der Waals surface area contributed by atoms with Crippen molar-refractivity contribution < 1.29 is 37.0 Å². The lowest BCUT2D eigenvalue weighted by Crippen LogP contribution is -2.35. The van der Waals surface area contributed by atoms with Gasteiger partial charge in [0.05, 0.1) is 0 Å². The summed E-state index contributed by atoms with van der Waals surface area (Å²) in [5.74, 6) is -0.180. The molecule has 0 saturated carbocycles. The van der Waals surface area contributed by atoms with Crippen LogP contribution in [0.5, 0.6) is 6.01 Å². The van der Waals surface area contributed by atoms with E-state index in [1.165, 1.54) is 0 Å². The number of alkyl halides is 3. The molecule has 0 radical (unpaired) electrons. The predicted molar refractivity (Wildman–Crippen MR) is 137 cm³/mol. The topological polar surface area (TPSA) is 149 Å². The van der Waals surface area contributed by atoms with Gasteiger partial charge in [-0.2, -0.15) is 28.1 Å². The van der Waals surface area contributed by atoms with E-state index in [2.05, 4.69) is 36.2 Å². The molecule has 0 fully saturated rings. The monoisotopic (exact) mass is 557 g/mol. The molecule has 216 valence electrons. The Kier molecular flexibility index (Phi) is 10.5. The van der Waals surface area contributed by atoms with Gasteiger partial charge in [-0.25, -0.2) is 9.59 Å². The van der Waals surface area contributed by atoms with Crippen LogP contribution in [0, 0.1) is 0 Å². The summed E-state index contributed by atoms with van der Waals surface area (Å²) in [6.07, 6.45) is -5.81. The van der Waals surface area contributed by atoms with Crippen molar-refractivity contribution in [2.24, 2.45) is 0 Å². The number of carbonyl (C=O) groups excluding carboxylic acids is 2. The first-order valence-electron chi connectivity index (χ1n) is 12.0. The van der Waals surface area contributed by atoms with Gasteiger partial charge in [0.2, 0.25) is 11.9 Å². The van der Waals surface area contributed by atoms with E-state index in [1.54, 1.807) is 65.8 Å². The zero-order chi connectivity index (χ0) is 29.3. The SMILES string of the molecule is CC(C)(C)OC(=O)NCCNc1nc(Nc2cccc(CNC(=O)OC(C)(C)C)c2)nc(OCC(F)(F)F)n1. The van der Waals surface area contributed by atoms with E-state index in [1.807, 2.05) is 0 Å². The first-order chi connectivity index (χ1) is 18.0. The molecule has 0 saturated heterocycles. The van der Waals surface area contributed by atoms with Crippen molar-refractivity contribution in [3.8, 4) is 6.01 Å². The molecule has 0 spiro atoms. The zero-order valence-corrected chi connectivity index (χ0v) is 22.7. The third kappa shape index (κ3) is 13.9. The molecule has 0 aliphatic carbocycles. The van der Waals surface area contributed by atoms with Gasteiger partial charge in [-0.3, -0.25) is 0 Å². The molecule has 0 unspecified atom stereocenters. The second-order valence-corrected chi connectivity index (χ2v) is 10.2. The second-order valence-electron chi connectivity index (χ2n) is 10.2. The quantitative estimate of drug-likeness (QED) is 0.307. The molecule has 0 aliphatic rings. The summed E-state index contributed by atoms with van der Waals surface area (Å²) in [6, 6.07) is 6.27. The number of nitrogens with one attached hydrogen (secondary N) is 4. The fourth-order valence-corrected chi connectivity index (χ4v) is 2.73. The maximum atomic E-state index is 12.7. The molecule has 39 heavy (non-hydrogen) atoms. The van der Waals surface area contributed by atoms with Gasteiger partial charge in [0, 0.05) is 25.3 Å². The molecule has 1 heterocycles. The standard InChI is InChI=1S/C24H34F3N7O5/c1-22(2,3)38-20(35)29-11-10-28-17-32-18(34-19(33-17)37-14-24(25,26)27)31-16-9-7-8-15(12-16)13-30-21(36)39-23(4,5)6/h7-9,12H,10-11,13-14H2,1-6H3,(H,29,35)(H,30,36)(H2,28,31,32,33,34). The average Bonchev–Trinajstić information content (AvgIpc) is 2.77. The van der Waals surface area contributed by atoms with Gasteiger partial charge in [0.1, 0.15) is 11.2 Å². The molecule has 12 nitrogen and oxygen atoms in total. The smallest absolute Gasteiger partial charge is 0.422 e. The third-order valence-corrected chi connectivity index (χ3v) is 4.08. The number of benzene rings is 1. The summed E-state index contributed by atoms with van der Waals surface area (Å²) in [6.45, 7) is 9.24. The number of anilines is 3. The van der Waals surface area contributed by atoms with Crippen molar-refractivity contribution in [2.45, 2.75) is 65.5 Å². The van der Waals surface area contributed by atoms with Gasteiger partial charge in [0.15, 0.2) is 6.61 Å². The highest BCUT2D eigenvalue weighted by molar-refractivity contribution is 5.68. The van der Waals surface area contributed by atoms with Crippen LogP contribution >= 0.6 is 0 Å². The Morgan fingerprint density at radius 1 is 0.846 bits per heavy atom. The summed E-state index contributed by atoms with van der Waals surface area (Å²) in [5.41, 5.74) is -0.112. The molecular formula is C24H34F3N7O5. The number of carbonyl (C=O) groups is 2. The lowest BCUT2D eigenvalue weighted by molar-refractivity contribution is -0.154. The van der Waals surface area contributed by atoms with Crippen molar-refractivity contribution in [3.63, 3.8) is 0 Å². The van der Waals surface area contributed by atoms with Crippen LogP contribution in [0.1, 0.15) is 47.1 Å². The van der Waals surface area contributed by atoms with Crippen molar-refractivity contribution in [2.75, 3.05) is 30.3 Å². The Balaban J connectivity index is 2.08. The van der Waals surface area contributed by atoms with Gasteiger partial charge < -0.3 is 35.5 Å². The van der Waals surface area contributed by atoms with Crippen LogP contribution in [-0.4, -0.2) is 64.2 Å². The number of ether oxygens (including phenoxy) is 3. The van der Waals surface area contributed by atoms with Crippen LogP contribution < -0.4 is 26.0 Å². The number of alkyl carbamates (subject to hydrolysis) is 2. The number of hydrogen-bond acceptors (Lipinski definition) is 10. The normalized spacial score (nSPS) is 11.8. The summed E-state index contributed by atoms with van der Waals surface area (Å²) in [7, 11) is 0. The second kappa shape index (κ2) is 13.2. The number of hydrogen-bond donors (Lipinski definition) is 4. The molecule has 2 aromatic rings. The van der Waals surface area contributed by atoms with E-state index >= 15 is 0 Å². The fourth-order valence-electron chi connectivity index (χ4n) is 2.73. The minimum absolute atomic E-state index is 0.0848.